The molecule has 66 heavy (non-hydrogen) atoms. The average Bonchev–Trinajstić information content (AvgIpc) is 3.33. The van der Waals surface area contributed by atoms with Crippen LogP contribution >= 0.6 is 0 Å². The molecule has 0 fully saturated rings. The van der Waals surface area contributed by atoms with Gasteiger partial charge in [-0.2, -0.15) is 0 Å². The number of hydrogen-bond acceptors (Lipinski definition) is 7. The van der Waals surface area contributed by atoms with Crippen molar-refractivity contribution in [3.63, 3.8) is 0 Å². The fraction of sp³-hybridized carbons (Fsp3) is 0.379. The summed E-state index contributed by atoms with van der Waals surface area (Å²) < 4.78 is 33.5. The van der Waals surface area contributed by atoms with Crippen molar-refractivity contribution in [2.75, 3.05) is 33.0 Å². The lowest BCUT2D eigenvalue weighted by atomic mass is 9.84. The molecule has 0 unspecified atom stereocenters. The van der Waals surface area contributed by atoms with E-state index in [0.717, 1.165) is 86.9 Å². The molecule has 2 N–H and O–H groups in total. The summed E-state index contributed by atoms with van der Waals surface area (Å²) in [4.78, 5) is 24.5. The summed E-state index contributed by atoms with van der Waals surface area (Å²) in [5.74, 6) is -0.419. The first-order chi connectivity index (χ1) is 31.8. The first-order valence-corrected chi connectivity index (χ1v) is 23.6. The van der Waals surface area contributed by atoms with Crippen LogP contribution in [0.25, 0.3) is 44.5 Å². The normalized spacial score (nSPS) is 11.3. The summed E-state index contributed by atoms with van der Waals surface area (Å²) in [7, 11) is 0. The zero-order valence-electron chi connectivity index (χ0n) is 40.0. The topological polar surface area (TPSA) is 102 Å². The Hall–Kier alpha value is -5.83. The molecule has 0 saturated carbocycles. The van der Waals surface area contributed by atoms with Crippen molar-refractivity contribution in [2.45, 2.75) is 106 Å². The van der Waals surface area contributed by atoms with E-state index < -0.39 is 17.4 Å². The van der Waals surface area contributed by atoms with Crippen LogP contribution in [0.2, 0.25) is 0 Å². The summed E-state index contributed by atoms with van der Waals surface area (Å²) in [5, 5.41) is 20.3. The van der Waals surface area contributed by atoms with E-state index in [4.69, 9.17) is 14.2 Å². The minimum Gasteiger partial charge on any atom is -0.493 e. The van der Waals surface area contributed by atoms with Crippen LogP contribution in [0.4, 0.5) is 4.39 Å². The molecule has 350 valence electrons. The number of ether oxygens (including phenoxy) is 3. The maximum atomic E-state index is 15.9. The highest BCUT2D eigenvalue weighted by molar-refractivity contribution is 5.87. The van der Waals surface area contributed by atoms with Crippen LogP contribution in [0.5, 0.6) is 5.75 Å². The fourth-order valence-corrected chi connectivity index (χ4v) is 8.29. The largest absolute Gasteiger partial charge is 0.493 e. The molecule has 0 radical (unpaired) electrons. The molecular weight excluding hydrogens is 828 g/mol. The summed E-state index contributed by atoms with van der Waals surface area (Å²) >= 11 is 0. The molecule has 0 bridgehead atoms. The third-order valence-electron chi connectivity index (χ3n) is 12.6. The van der Waals surface area contributed by atoms with Crippen LogP contribution in [0, 0.1) is 11.2 Å². The smallest absolute Gasteiger partial charge is 0.333 e. The Balaban J connectivity index is 1.50. The van der Waals surface area contributed by atoms with E-state index >= 15 is 4.39 Å². The van der Waals surface area contributed by atoms with E-state index in [0.29, 0.717) is 61.0 Å². The maximum Gasteiger partial charge on any atom is 0.333 e. The molecule has 0 atom stereocenters. The van der Waals surface area contributed by atoms with Crippen LogP contribution in [0.3, 0.4) is 0 Å². The molecular formula is C58H69FO7. The second kappa shape index (κ2) is 24.6. The number of carbonyl (C=O) groups is 2. The van der Waals surface area contributed by atoms with Gasteiger partial charge in [-0.15, -0.1) is 0 Å². The number of halogens is 1. The Labute approximate surface area is 392 Å². The predicted molar refractivity (Wildman–Crippen MR) is 266 cm³/mol. The Kier molecular flexibility index (Phi) is 19.1. The molecule has 0 spiro atoms. The van der Waals surface area contributed by atoms with E-state index in [1.54, 1.807) is 19.9 Å². The molecule has 0 saturated heterocycles. The molecule has 8 heteroatoms. The van der Waals surface area contributed by atoms with Gasteiger partial charge in [0.15, 0.2) is 0 Å². The Morgan fingerprint density at radius 3 is 1.52 bits per heavy atom. The van der Waals surface area contributed by atoms with E-state index in [1.165, 1.54) is 5.56 Å². The van der Waals surface area contributed by atoms with Gasteiger partial charge in [0, 0.05) is 22.1 Å². The highest BCUT2D eigenvalue weighted by Crippen LogP contribution is 2.39. The van der Waals surface area contributed by atoms with Gasteiger partial charge in [0.2, 0.25) is 0 Å². The minimum absolute atomic E-state index is 0.161. The summed E-state index contributed by atoms with van der Waals surface area (Å²) in [6.45, 7) is 19.3. The van der Waals surface area contributed by atoms with Crippen molar-refractivity contribution < 1.29 is 38.4 Å². The third-order valence-corrected chi connectivity index (χ3v) is 12.6. The molecule has 0 aliphatic heterocycles. The van der Waals surface area contributed by atoms with Gasteiger partial charge in [0.25, 0.3) is 0 Å². The van der Waals surface area contributed by atoms with E-state index in [9.17, 15) is 19.8 Å². The SMILES string of the molecule is C=C(C)C(=O)OCCCc1cc(-c2ccc(-c3ccc(-c4ccc(-c5ccc(CCC)cc5)cc4F)c(CC)c3)cc2CC)cc(CCCOC(=O)C(=C)C)c1OCCC(CC)(CO)CO. The molecule has 0 heterocycles. The summed E-state index contributed by atoms with van der Waals surface area (Å²) in [5.41, 5.74) is 12.9. The number of aryl methyl sites for hydroxylation is 5. The van der Waals surface area contributed by atoms with Crippen LogP contribution in [-0.4, -0.2) is 55.2 Å². The number of hydrogen-bond donors (Lipinski definition) is 2. The molecule has 0 aromatic heterocycles. The van der Waals surface area contributed by atoms with Crippen LogP contribution in [-0.2, 0) is 51.2 Å². The monoisotopic (exact) mass is 897 g/mol. The first-order valence-electron chi connectivity index (χ1n) is 23.6. The van der Waals surface area contributed by atoms with Gasteiger partial charge < -0.3 is 24.4 Å². The Morgan fingerprint density at radius 2 is 1.05 bits per heavy atom. The van der Waals surface area contributed by atoms with Gasteiger partial charge in [-0.1, -0.05) is 120 Å². The van der Waals surface area contributed by atoms with E-state index in [1.807, 2.05) is 25.1 Å². The van der Waals surface area contributed by atoms with Crippen molar-refractivity contribution in [1.82, 2.24) is 0 Å². The molecule has 0 amide bonds. The second-order valence-corrected chi connectivity index (χ2v) is 17.5. The van der Waals surface area contributed by atoms with Gasteiger partial charge in [-0.05, 0) is 157 Å². The van der Waals surface area contributed by atoms with E-state index in [-0.39, 0.29) is 38.9 Å². The predicted octanol–water partition coefficient (Wildman–Crippen LogP) is 12.8. The van der Waals surface area contributed by atoms with Gasteiger partial charge in [0.1, 0.15) is 11.6 Å². The number of rotatable bonds is 25. The number of aliphatic hydroxyl groups is 2. The van der Waals surface area contributed by atoms with Gasteiger partial charge in [-0.25, -0.2) is 14.0 Å². The quantitative estimate of drug-likeness (QED) is 0.0342. The zero-order chi connectivity index (χ0) is 47.8. The summed E-state index contributed by atoms with van der Waals surface area (Å²) in [6.07, 6.45) is 6.81. The summed E-state index contributed by atoms with van der Waals surface area (Å²) in [6, 6.07) is 31.0. The molecule has 5 aromatic carbocycles. The molecule has 5 rings (SSSR count). The maximum absolute atomic E-state index is 15.9. The van der Waals surface area contributed by atoms with Gasteiger partial charge >= 0.3 is 11.9 Å². The van der Waals surface area contributed by atoms with Crippen molar-refractivity contribution in [2.24, 2.45) is 5.41 Å². The van der Waals surface area contributed by atoms with Crippen LogP contribution in [0.1, 0.15) is 101 Å². The van der Waals surface area contributed by atoms with Crippen LogP contribution in [0.15, 0.2) is 115 Å². The molecule has 0 aliphatic carbocycles. The van der Waals surface area contributed by atoms with Gasteiger partial charge in [0.05, 0.1) is 33.0 Å². The Morgan fingerprint density at radius 1 is 0.576 bits per heavy atom. The number of carbonyl (C=O) groups excluding carboxylic acids is 2. The molecule has 5 aromatic rings. The fourth-order valence-electron chi connectivity index (χ4n) is 8.29. The zero-order valence-corrected chi connectivity index (χ0v) is 40.0. The highest BCUT2D eigenvalue weighted by atomic mass is 19.1. The third kappa shape index (κ3) is 13.2. The molecule has 7 nitrogen and oxygen atoms in total. The van der Waals surface area contributed by atoms with Crippen molar-refractivity contribution in [1.29, 1.82) is 0 Å². The average molecular weight is 897 g/mol. The standard InChI is InChI=1S/C58H69FO7/c1-9-15-41-18-20-44(21-19-41)47-24-27-53(54(59)36-47)52-26-23-46(33-43(52)11-3)45-22-25-51(42(10-2)32-45)50-34-48(16-13-29-65-56(62)39(5)6)55(64-31-28-58(12-4,37-60)38-61)49(35-50)17-14-30-66-57(63)40(7)8/h18-27,32-36,60-61H,5,7,9-17,28-31,37-38H2,1-4,6,8H3. The number of aliphatic hydroxyl groups excluding tert-OH is 2. The van der Waals surface area contributed by atoms with Crippen molar-refractivity contribution >= 4 is 11.9 Å². The van der Waals surface area contributed by atoms with E-state index in [2.05, 4.69) is 101 Å². The first kappa shape index (κ1) is 51.2. The minimum atomic E-state index is -0.674. The lowest BCUT2D eigenvalue weighted by Crippen LogP contribution is -2.31. The van der Waals surface area contributed by atoms with Crippen molar-refractivity contribution in [3.05, 3.63) is 149 Å². The lowest BCUT2D eigenvalue weighted by Gasteiger charge is -2.28. The highest BCUT2D eigenvalue weighted by Gasteiger charge is 2.27. The number of benzene rings is 5. The van der Waals surface area contributed by atoms with Crippen molar-refractivity contribution in [3.8, 4) is 50.3 Å². The lowest BCUT2D eigenvalue weighted by molar-refractivity contribution is -0.139. The second-order valence-electron chi connectivity index (χ2n) is 17.5. The molecule has 0 aliphatic rings. The van der Waals surface area contributed by atoms with Gasteiger partial charge in [-0.3, -0.25) is 0 Å². The Bertz CT molecular complexity index is 2400. The number of esters is 2. The van der Waals surface area contributed by atoms with Crippen LogP contribution < -0.4 is 4.74 Å².